The van der Waals surface area contributed by atoms with Gasteiger partial charge in [-0.25, -0.2) is 10.4 Å². The molecule has 0 aliphatic carbocycles. The molecule has 0 spiro atoms. The molecule has 0 bridgehead atoms. The number of hydrogen-bond donors (Lipinski definition) is 1. The zero-order valence-electron chi connectivity index (χ0n) is 13.6. The fourth-order valence-corrected chi connectivity index (χ4v) is 3.55. The van der Waals surface area contributed by atoms with Crippen molar-refractivity contribution in [3.63, 3.8) is 0 Å². The Morgan fingerprint density at radius 2 is 2.17 bits per heavy atom. The summed E-state index contributed by atoms with van der Waals surface area (Å²) in [5, 5.41) is 4.91. The Labute approximate surface area is 144 Å². The second-order valence-electron chi connectivity index (χ2n) is 5.84. The van der Waals surface area contributed by atoms with Crippen LogP contribution in [0.1, 0.15) is 37.6 Å². The van der Waals surface area contributed by atoms with Gasteiger partial charge in [0.1, 0.15) is 11.6 Å². The molecule has 0 radical (unpaired) electrons. The maximum Gasteiger partial charge on any atom is 0.259 e. The summed E-state index contributed by atoms with van der Waals surface area (Å²) in [7, 11) is 0. The number of nitrogens with zero attached hydrogens (tertiary/aromatic N) is 3. The van der Waals surface area contributed by atoms with Crippen LogP contribution in [-0.2, 0) is 9.59 Å². The van der Waals surface area contributed by atoms with E-state index in [4.69, 9.17) is 0 Å². The van der Waals surface area contributed by atoms with E-state index < -0.39 is 0 Å². The van der Waals surface area contributed by atoms with Crippen LogP contribution in [0.5, 0.6) is 0 Å². The molecule has 1 aliphatic rings. The van der Waals surface area contributed by atoms with Crippen LogP contribution >= 0.6 is 11.3 Å². The number of likely N-dealkylation sites (tertiary alicyclic amines) is 1. The smallest absolute Gasteiger partial charge is 0.259 e. The van der Waals surface area contributed by atoms with E-state index in [1.807, 2.05) is 31.2 Å². The molecule has 1 fully saturated rings. The lowest BCUT2D eigenvalue weighted by Gasteiger charge is -2.18. The molecule has 2 amide bonds. The highest BCUT2D eigenvalue weighted by atomic mass is 32.1. The summed E-state index contributed by atoms with van der Waals surface area (Å²) in [6, 6.07) is 7.87. The Kier molecular flexibility index (Phi) is 5.20. The summed E-state index contributed by atoms with van der Waals surface area (Å²) in [4.78, 5) is 30.1. The van der Waals surface area contributed by atoms with Gasteiger partial charge in [-0.1, -0.05) is 18.6 Å². The standard InChI is InChI=1S/C17H20N4O2S/c1-12(17-18-13-7-4-5-8-14(13)24-17)19-20-15(22)11-21-10-6-2-3-9-16(21)23/h4-5,7-8H,2-3,6,9-11H2,1H3,(H,20,22)/b19-12-. The zero-order valence-corrected chi connectivity index (χ0v) is 14.4. The van der Waals surface area contributed by atoms with Crippen LogP contribution in [-0.4, -0.2) is 40.5 Å². The van der Waals surface area contributed by atoms with Crippen LogP contribution in [0.15, 0.2) is 29.4 Å². The van der Waals surface area contributed by atoms with Crippen molar-refractivity contribution in [3.8, 4) is 0 Å². The molecule has 1 aromatic carbocycles. The Morgan fingerprint density at radius 1 is 1.33 bits per heavy atom. The van der Waals surface area contributed by atoms with E-state index in [-0.39, 0.29) is 18.4 Å². The first-order chi connectivity index (χ1) is 11.6. The molecular formula is C17H20N4O2S. The van der Waals surface area contributed by atoms with Crippen molar-refractivity contribution >= 4 is 39.1 Å². The lowest BCUT2D eigenvalue weighted by atomic mass is 10.2. The van der Waals surface area contributed by atoms with E-state index in [2.05, 4.69) is 15.5 Å². The van der Waals surface area contributed by atoms with Gasteiger partial charge < -0.3 is 4.90 Å². The average molecular weight is 344 g/mol. The van der Waals surface area contributed by atoms with E-state index >= 15 is 0 Å². The monoisotopic (exact) mass is 344 g/mol. The molecule has 0 unspecified atom stereocenters. The van der Waals surface area contributed by atoms with Crippen LogP contribution < -0.4 is 5.43 Å². The van der Waals surface area contributed by atoms with Crippen molar-refractivity contribution in [1.29, 1.82) is 0 Å². The van der Waals surface area contributed by atoms with Gasteiger partial charge in [-0.2, -0.15) is 5.10 Å². The van der Waals surface area contributed by atoms with Gasteiger partial charge in [-0.05, 0) is 31.9 Å². The van der Waals surface area contributed by atoms with Crippen LogP contribution in [0, 0.1) is 0 Å². The van der Waals surface area contributed by atoms with Crippen LogP contribution in [0.25, 0.3) is 10.2 Å². The number of benzene rings is 1. The predicted octanol–water partition coefficient (Wildman–Crippen LogP) is 2.54. The quantitative estimate of drug-likeness (QED) is 0.684. The summed E-state index contributed by atoms with van der Waals surface area (Å²) in [6.07, 6.45) is 3.43. The number of carbonyl (C=O) groups is 2. The summed E-state index contributed by atoms with van der Waals surface area (Å²) in [6.45, 7) is 2.53. The van der Waals surface area contributed by atoms with E-state index in [1.54, 1.807) is 4.90 Å². The highest BCUT2D eigenvalue weighted by Crippen LogP contribution is 2.21. The number of thiazole rings is 1. The molecule has 7 heteroatoms. The third kappa shape index (κ3) is 3.97. The van der Waals surface area contributed by atoms with Crippen molar-refractivity contribution in [3.05, 3.63) is 29.3 Å². The Bertz CT molecular complexity index is 751. The van der Waals surface area contributed by atoms with Crippen molar-refractivity contribution in [2.24, 2.45) is 5.10 Å². The number of hydrazone groups is 1. The van der Waals surface area contributed by atoms with Gasteiger partial charge >= 0.3 is 0 Å². The van der Waals surface area contributed by atoms with Gasteiger partial charge in [0.25, 0.3) is 5.91 Å². The van der Waals surface area contributed by atoms with Crippen molar-refractivity contribution in [1.82, 2.24) is 15.3 Å². The molecule has 6 nitrogen and oxygen atoms in total. The topological polar surface area (TPSA) is 74.7 Å². The molecule has 2 heterocycles. The molecule has 0 atom stereocenters. The second-order valence-corrected chi connectivity index (χ2v) is 6.88. The number of para-hydroxylation sites is 1. The largest absolute Gasteiger partial charge is 0.333 e. The first-order valence-electron chi connectivity index (χ1n) is 8.10. The lowest BCUT2D eigenvalue weighted by Crippen LogP contribution is -2.39. The minimum atomic E-state index is -0.272. The fraction of sp³-hybridized carbons (Fsp3) is 0.412. The number of aromatic nitrogens is 1. The SMILES string of the molecule is C/C(=N/NC(=O)CN1CCCCCC1=O)c1nc2ccccc2s1. The molecule has 2 aromatic rings. The number of rotatable bonds is 4. The number of hydrogen-bond acceptors (Lipinski definition) is 5. The molecule has 0 saturated carbocycles. The summed E-state index contributed by atoms with van der Waals surface area (Å²) < 4.78 is 1.09. The minimum absolute atomic E-state index is 0.0505. The first kappa shape index (κ1) is 16.6. The van der Waals surface area contributed by atoms with E-state index in [9.17, 15) is 9.59 Å². The van der Waals surface area contributed by atoms with Crippen LogP contribution in [0.2, 0.25) is 0 Å². The Morgan fingerprint density at radius 3 is 3.00 bits per heavy atom. The van der Waals surface area contributed by atoms with Gasteiger partial charge in [0.2, 0.25) is 5.91 Å². The van der Waals surface area contributed by atoms with E-state index in [1.165, 1.54) is 11.3 Å². The fourth-order valence-electron chi connectivity index (χ4n) is 2.64. The summed E-state index contributed by atoms with van der Waals surface area (Å²) in [5.41, 5.74) is 4.12. The van der Waals surface area contributed by atoms with Crippen molar-refractivity contribution in [2.75, 3.05) is 13.1 Å². The van der Waals surface area contributed by atoms with Gasteiger partial charge in [-0.3, -0.25) is 9.59 Å². The molecule has 1 N–H and O–H groups in total. The van der Waals surface area contributed by atoms with E-state index in [0.717, 1.165) is 34.5 Å². The zero-order chi connectivity index (χ0) is 16.9. The Hall–Kier alpha value is -2.28. The molecule has 3 rings (SSSR count). The molecule has 1 aliphatic heterocycles. The number of fused-ring (bicyclic) bond motifs is 1. The van der Waals surface area contributed by atoms with Crippen LogP contribution in [0.4, 0.5) is 0 Å². The molecular weight excluding hydrogens is 324 g/mol. The molecule has 1 saturated heterocycles. The number of nitrogens with one attached hydrogen (secondary N) is 1. The van der Waals surface area contributed by atoms with Crippen molar-refractivity contribution in [2.45, 2.75) is 32.6 Å². The third-order valence-electron chi connectivity index (χ3n) is 3.96. The van der Waals surface area contributed by atoms with Crippen LogP contribution in [0.3, 0.4) is 0 Å². The normalized spacial score (nSPS) is 16.3. The van der Waals surface area contributed by atoms with Gasteiger partial charge in [0, 0.05) is 13.0 Å². The third-order valence-corrected chi connectivity index (χ3v) is 5.10. The second kappa shape index (κ2) is 7.53. The highest BCUT2D eigenvalue weighted by molar-refractivity contribution is 7.20. The first-order valence-corrected chi connectivity index (χ1v) is 8.92. The number of amides is 2. The minimum Gasteiger partial charge on any atom is -0.333 e. The molecule has 24 heavy (non-hydrogen) atoms. The molecule has 1 aromatic heterocycles. The van der Waals surface area contributed by atoms with Gasteiger partial charge in [0.05, 0.1) is 15.9 Å². The van der Waals surface area contributed by atoms with Crippen molar-refractivity contribution < 1.29 is 9.59 Å². The maximum atomic E-state index is 12.0. The lowest BCUT2D eigenvalue weighted by molar-refractivity contribution is -0.135. The van der Waals surface area contributed by atoms with E-state index in [0.29, 0.717) is 18.7 Å². The molecule has 126 valence electrons. The number of carbonyl (C=O) groups excluding carboxylic acids is 2. The Balaban J connectivity index is 1.61. The average Bonchev–Trinajstić information content (AvgIpc) is 2.92. The summed E-state index contributed by atoms with van der Waals surface area (Å²) in [5.74, 6) is -0.222. The highest BCUT2D eigenvalue weighted by Gasteiger charge is 2.19. The predicted molar refractivity (Wildman–Crippen MR) is 95.0 cm³/mol. The maximum absolute atomic E-state index is 12.0. The van der Waals surface area contributed by atoms with Gasteiger partial charge in [0.15, 0.2) is 0 Å². The van der Waals surface area contributed by atoms with Gasteiger partial charge in [-0.15, -0.1) is 11.3 Å². The summed E-state index contributed by atoms with van der Waals surface area (Å²) >= 11 is 1.54.